The van der Waals surface area contributed by atoms with Crippen molar-refractivity contribution in [2.75, 3.05) is 13.1 Å². The molecule has 0 saturated carbocycles. The Kier molecular flexibility index (Phi) is 16.9. The predicted molar refractivity (Wildman–Crippen MR) is 131 cm³/mol. The van der Waals surface area contributed by atoms with E-state index in [0.29, 0.717) is 11.1 Å². The molecule has 4 aromatic carbocycles. The second-order valence-electron chi connectivity index (χ2n) is 7.08. The molecular weight excluding hydrogens is 595 g/mol. The van der Waals surface area contributed by atoms with Gasteiger partial charge in [0.25, 0.3) is 0 Å². The van der Waals surface area contributed by atoms with Gasteiger partial charge >= 0.3 is 34.1 Å². The normalized spacial score (nSPS) is 9.89. The molecule has 0 spiro atoms. The first-order valence-electron chi connectivity index (χ1n) is 10.1. The Hall–Kier alpha value is -3.76. The summed E-state index contributed by atoms with van der Waals surface area (Å²) >= 11 is 0. The van der Waals surface area contributed by atoms with Crippen LogP contribution >= 0.6 is 0 Å². The summed E-state index contributed by atoms with van der Waals surface area (Å²) in [6, 6.07) is 21.1. The Labute approximate surface area is 238 Å². The van der Waals surface area contributed by atoms with Gasteiger partial charge in [0.1, 0.15) is 0 Å². The van der Waals surface area contributed by atoms with Crippen molar-refractivity contribution >= 4 is 45.9 Å². The quantitative estimate of drug-likeness (QED) is 0.139. The molecule has 206 valence electrons. The molecule has 0 fully saturated rings. The van der Waals surface area contributed by atoms with E-state index in [1.807, 2.05) is 36.4 Å². The Morgan fingerprint density at radius 2 is 0.947 bits per heavy atom. The van der Waals surface area contributed by atoms with E-state index in [2.05, 4.69) is 9.98 Å². The molecule has 0 atom stereocenters. The van der Waals surface area contributed by atoms with Crippen LogP contribution in [0.15, 0.2) is 82.8 Å². The molecule has 4 rings (SSSR count). The Morgan fingerprint density at radius 1 is 0.605 bits per heavy atom. The first-order valence-corrected chi connectivity index (χ1v) is 10.1. The molecule has 0 heterocycles. The van der Waals surface area contributed by atoms with Gasteiger partial charge in [0.15, 0.2) is 0 Å². The molecule has 10 nitrogen and oxygen atoms in total. The van der Waals surface area contributed by atoms with Gasteiger partial charge < -0.3 is 41.0 Å². The second-order valence-corrected chi connectivity index (χ2v) is 7.08. The number of carboxylic acids is 2. The molecule has 2 radical (unpaired) electrons. The summed E-state index contributed by atoms with van der Waals surface area (Å²) in [5.74, 6) is -2.89. The molecule has 0 aliphatic rings. The van der Waals surface area contributed by atoms with Crippen LogP contribution in [0.2, 0.25) is 0 Å². The average molecular weight is 620 g/mol. The maximum absolute atomic E-state index is 11.7. The minimum absolute atomic E-state index is 0. The van der Waals surface area contributed by atoms with Gasteiger partial charge in [0.05, 0.1) is 25.0 Å². The Morgan fingerprint density at radius 3 is 1.29 bits per heavy atom. The van der Waals surface area contributed by atoms with Crippen LogP contribution in [0.5, 0.6) is 11.5 Å². The van der Waals surface area contributed by atoms with Gasteiger partial charge in [-0.2, -0.15) is 0 Å². The van der Waals surface area contributed by atoms with Crippen LogP contribution < -0.4 is 20.4 Å². The molecule has 4 aromatic rings. The first kappa shape index (κ1) is 36.4. The number of benzene rings is 4. The molecule has 6 N–H and O–H groups in total. The van der Waals surface area contributed by atoms with Crippen LogP contribution in [0, 0.1) is 0 Å². The summed E-state index contributed by atoms with van der Waals surface area (Å²) in [4.78, 5) is 27.8. The molecule has 38 heavy (non-hydrogen) atoms. The largest absolute Gasteiger partial charge is 2.00 e. The number of carbonyl (C=O) groups excluding carboxylic acids is 2. The van der Waals surface area contributed by atoms with Crippen LogP contribution in [0.3, 0.4) is 0 Å². The van der Waals surface area contributed by atoms with Gasteiger partial charge in [-0.3, -0.25) is 9.98 Å². The van der Waals surface area contributed by atoms with Crippen molar-refractivity contribution in [1.82, 2.24) is 0 Å². The zero-order chi connectivity index (χ0) is 24.5. The number of rotatable bonds is 6. The molecule has 0 aromatic heterocycles. The van der Waals surface area contributed by atoms with Crippen molar-refractivity contribution in [2.24, 2.45) is 9.98 Å². The maximum Gasteiger partial charge on any atom is 2.00 e. The van der Waals surface area contributed by atoms with Gasteiger partial charge in [-0.1, -0.05) is 84.3 Å². The van der Waals surface area contributed by atoms with Crippen LogP contribution in [-0.2, 0) is 54.7 Å². The molecule has 0 amide bonds. The number of hydrogen-bond donors (Lipinski definition) is 0. The van der Waals surface area contributed by atoms with E-state index in [9.17, 15) is 30.0 Å². The SMILES string of the molecule is O=C([O-])CN=Cc1c([O-])ccc2ccccc12.O=C([O-])CN=Cc1c([O-])ccc2ccccc12.[Cu+2].[Cu+2].[OH3+].[OH3+]. The van der Waals surface area contributed by atoms with E-state index < -0.39 is 25.0 Å². The van der Waals surface area contributed by atoms with Gasteiger partial charge in [-0.05, 0) is 32.7 Å². The van der Waals surface area contributed by atoms with E-state index in [0.717, 1.165) is 21.5 Å². The standard InChI is InChI=1S/2C13H11NO3.2Cu.2H2O/c2*15-12-6-5-9-3-1-2-4-10(9)11(12)7-14-8-13(16)17;;;;/h2*1-7,15H,8H2,(H,16,17);;;2*1H2/q;;2*+2;;/p-2. The summed E-state index contributed by atoms with van der Waals surface area (Å²) in [6.45, 7) is -0.884. The maximum atomic E-state index is 11.7. The number of aliphatic carboxylic acids is 2. The molecule has 0 aliphatic carbocycles. The molecule has 0 unspecified atom stereocenters. The smallest absolute Gasteiger partial charge is 0.872 e. The van der Waals surface area contributed by atoms with Crippen molar-refractivity contribution in [1.29, 1.82) is 0 Å². The molecule has 0 bridgehead atoms. The number of hydrogen-bond acceptors (Lipinski definition) is 8. The number of carboxylic acid groups (broad SMARTS) is 2. The third-order valence-corrected chi connectivity index (χ3v) is 4.74. The number of nitrogens with zero attached hydrogens (tertiary/aromatic N) is 2. The molecular formula is C26H24Cu2N2O8+2. The third-order valence-electron chi connectivity index (χ3n) is 4.74. The fourth-order valence-corrected chi connectivity index (χ4v) is 3.24. The zero-order valence-electron chi connectivity index (χ0n) is 19.6. The third kappa shape index (κ3) is 9.95. The van der Waals surface area contributed by atoms with Crippen molar-refractivity contribution in [3.8, 4) is 11.5 Å². The van der Waals surface area contributed by atoms with E-state index in [1.54, 1.807) is 24.3 Å². The monoisotopic (exact) mass is 618 g/mol. The van der Waals surface area contributed by atoms with Crippen molar-refractivity contribution in [2.45, 2.75) is 0 Å². The van der Waals surface area contributed by atoms with Crippen LogP contribution in [0.25, 0.3) is 21.5 Å². The van der Waals surface area contributed by atoms with E-state index in [-0.39, 0.29) is 56.6 Å². The minimum atomic E-state index is -1.27. The van der Waals surface area contributed by atoms with Gasteiger partial charge in [0, 0.05) is 12.4 Å². The Bertz CT molecular complexity index is 1300. The summed E-state index contributed by atoms with van der Waals surface area (Å²) in [5.41, 5.74) is 0.814. The summed E-state index contributed by atoms with van der Waals surface area (Å²) < 4.78 is 0. The zero-order valence-corrected chi connectivity index (χ0v) is 21.5. The summed E-state index contributed by atoms with van der Waals surface area (Å²) in [7, 11) is 0. The average Bonchev–Trinajstić information content (AvgIpc) is 2.82. The first-order chi connectivity index (χ1) is 16.4. The van der Waals surface area contributed by atoms with Crippen LogP contribution in [-0.4, -0.2) is 37.5 Å². The number of fused-ring (bicyclic) bond motifs is 2. The van der Waals surface area contributed by atoms with E-state index in [1.165, 1.54) is 24.6 Å². The fourth-order valence-electron chi connectivity index (χ4n) is 3.24. The summed E-state index contributed by atoms with van der Waals surface area (Å²) in [6.07, 6.45) is 2.58. The van der Waals surface area contributed by atoms with E-state index >= 15 is 0 Å². The van der Waals surface area contributed by atoms with Crippen molar-refractivity contribution in [3.63, 3.8) is 0 Å². The molecule has 0 saturated heterocycles. The van der Waals surface area contributed by atoms with Crippen molar-refractivity contribution < 1.29 is 75.1 Å². The van der Waals surface area contributed by atoms with E-state index in [4.69, 9.17) is 0 Å². The summed E-state index contributed by atoms with van der Waals surface area (Å²) in [5, 5.41) is 47.1. The van der Waals surface area contributed by atoms with Crippen LogP contribution in [0.4, 0.5) is 0 Å². The number of aliphatic imine (C=N–C) groups is 2. The molecule has 12 heteroatoms. The topological polar surface area (TPSA) is 217 Å². The Balaban J connectivity index is 0. The second kappa shape index (κ2) is 17.7. The van der Waals surface area contributed by atoms with Crippen molar-refractivity contribution in [3.05, 3.63) is 83.9 Å². The van der Waals surface area contributed by atoms with Gasteiger partial charge in [-0.15, -0.1) is 0 Å². The fraction of sp³-hybridized carbons (Fsp3) is 0.0769. The number of carbonyl (C=O) groups is 2. The molecule has 0 aliphatic heterocycles. The van der Waals surface area contributed by atoms with Gasteiger partial charge in [0.2, 0.25) is 0 Å². The minimum Gasteiger partial charge on any atom is -0.872 e. The predicted octanol–water partition coefficient (Wildman–Crippen LogP) is -1.68. The van der Waals surface area contributed by atoms with Gasteiger partial charge in [-0.25, -0.2) is 0 Å². The van der Waals surface area contributed by atoms with Crippen LogP contribution in [0.1, 0.15) is 11.1 Å².